The Bertz CT molecular complexity index is 2260. The number of aromatic nitrogens is 1. The minimum atomic E-state index is -1.19. The summed E-state index contributed by atoms with van der Waals surface area (Å²) in [5, 5.41) is 8.35. The number of fused-ring (bicyclic) bond motifs is 5. The van der Waals surface area contributed by atoms with Crippen LogP contribution in [-0.2, 0) is 44.3 Å². The number of nitrogens with zero attached hydrogens (tertiary/aromatic N) is 2. The maximum Gasteiger partial charge on any atom is 0.325 e. The Hall–Kier alpha value is -5.04. The van der Waals surface area contributed by atoms with Crippen molar-refractivity contribution >= 4 is 51.6 Å². The van der Waals surface area contributed by atoms with Crippen LogP contribution in [0.5, 0.6) is 0 Å². The molecule has 3 aliphatic rings. The summed E-state index contributed by atoms with van der Waals surface area (Å²) < 4.78 is 12.7. The lowest BCUT2D eigenvalue weighted by molar-refractivity contribution is -0.158. The van der Waals surface area contributed by atoms with Crippen molar-refractivity contribution in [3.63, 3.8) is 0 Å². The second-order valence-electron chi connectivity index (χ2n) is 17.2. The van der Waals surface area contributed by atoms with Gasteiger partial charge in [0, 0.05) is 23.1 Å². The molecule has 0 radical (unpaired) electrons. The molecule has 1 saturated heterocycles. The van der Waals surface area contributed by atoms with Crippen molar-refractivity contribution in [2.75, 3.05) is 6.54 Å². The van der Waals surface area contributed by atoms with Crippen LogP contribution >= 0.6 is 0 Å². The number of carbonyl (C=O) groups is 4. The van der Waals surface area contributed by atoms with Gasteiger partial charge in [0.15, 0.2) is 9.64 Å². The smallest absolute Gasteiger partial charge is 0.325 e. The summed E-state index contributed by atoms with van der Waals surface area (Å²) in [5.74, 6) is -2.15. The van der Waals surface area contributed by atoms with Gasteiger partial charge in [0.2, 0.25) is 11.8 Å². The zero-order valence-electron chi connectivity index (χ0n) is 35.2. The van der Waals surface area contributed by atoms with Crippen molar-refractivity contribution in [3.8, 4) is 0 Å². The monoisotopic (exact) mass is 818 g/mol. The molecular weight excluding hydrogens is 763 g/mol. The van der Waals surface area contributed by atoms with Crippen LogP contribution in [0.2, 0.25) is 0 Å². The lowest BCUT2D eigenvalue weighted by Gasteiger charge is -2.37. The van der Waals surface area contributed by atoms with E-state index in [-0.39, 0.29) is 16.6 Å². The lowest BCUT2D eigenvalue weighted by Crippen LogP contribution is -2.64. The standard InChI is InChI=1S/C47H55N5O6S/c1-28(2)39-41(53)49-40(30(4)58-44-34-17-12-13-18-35(34)47(7,8)59(44)33-15-10-9-11-16-33)42(54)52-26-14-19-37(51-52)43(55)57-29(3)36-23-22-32-21-20-31(27-38(32)48-36)24-25-46(5,6)45(56)50-39/h9-13,15-18,20-25,27-30,37,39-40,44,51H,14,19,26H2,1-8H3,(H-,49,50,53,56)/p+1/b25-24+/t29-,30-,37+,39+,40+,44+,59?/m1/s1. The number of hydrogen-bond acceptors (Lipinski definition) is 8. The van der Waals surface area contributed by atoms with Gasteiger partial charge in [-0.2, -0.15) is 0 Å². The van der Waals surface area contributed by atoms with Crippen molar-refractivity contribution < 1.29 is 28.7 Å². The van der Waals surface area contributed by atoms with Crippen LogP contribution in [0.4, 0.5) is 0 Å². The third-order valence-corrected chi connectivity index (χ3v) is 14.6. The minimum Gasteiger partial charge on any atom is -0.455 e. The molecular formula is C47H56N5O6S+. The first kappa shape index (κ1) is 42.1. The van der Waals surface area contributed by atoms with Crippen molar-refractivity contribution in [1.82, 2.24) is 26.1 Å². The van der Waals surface area contributed by atoms with Crippen LogP contribution in [0.3, 0.4) is 0 Å². The van der Waals surface area contributed by atoms with Gasteiger partial charge in [-0.05, 0) is 90.1 Å². The van der Waals surface area contributed by atoms with E-state index in [4.69, 9.17) is 14.5 Å². The normalized spacial score (nSPS) is 27.1. The summed E-state index contributed by atoms with van der Waals surface area (Å²) in [6, 6.07) is 25.1. The second-order valence-corrected chi connectivity index (χ2v) is 19.8. The van der Waals surface area contributed by atoms with Gasteiger partial charge < -0.3 is 20.1 Å². The van der Waals surface area contributed by atoms with Gasteiger partial charge in [0.25, 0.3) is 11.3 Å². The van der Waals surface area contributed by atoms with Crippen LogP contribution in [-0.4, -0.2) is 64.5 Å². The largest absolute Gasteiger partial charge is 0.455 e. The zero-order valence-corrected chi connectivity index (χ0v) is 36.0. The van der Waals surface area contributed by atoms with Crippen LogP contribution in [0.15, 0.2) is 95.9 Å². The number of esters is 1. The summed E-state index contributed by atoms with van der Waals surface area (Å²) >= 11 is 0. The van der Waals surface area contributed by atoms with Crippen molar-refractivity contribution in [1.29, 1.82) is 0 Å². The molecule has 7 rings (SSSR count). The molecule has 3 aliphatic heterocycles. The third-order valence-electron chi connectivity index (χ3n) is 11.7. The van der Waals surface area contributed by atoms with Gasteiger partial charge in [0.1, 0.15) is 24.2 Å². The van der Waals surface area contributed by atoms with Gasteiger partial charge in [0.05, 0.1) is 33.6 Å². The number of hydrogen-bond donors (Lipinski definition) is 3. The van der Waals surface area contributed by atoms with Gasteiger partial charge in [-0.1, -0.05) is 86.7 Å². The molecule has 12 heteroatoms. The van der Waals surface area contributed by atoms with E-state index in [1.54, 1.807) is 27.7 Å². The van der Waals surface area contributed by atoms with Crippen LogP contribution in [0.25, 0.3) is 17.0 Å². The Labute approximate surface area is 350 Å². The Morgan fingerprint density at radius 3 is 2.34 bits per heavy atom. The van der Waals surface area contributed by atoms with E-state index in [0.717, 1.165) is 21.4 Å². The Kier molecular flexibility index (Phi) is 12.1. The summed E-state index contributed by atoms with van der Waals surface area (Å²) in [4.78, 5) is 63.0. The Balaban J connectivity index is 1.25. The fourth-order valence-corrected chi connectivity index (χ4v) is 11.1. The molecule has 0 aliphatic carbocycles. The number of cyclic esters (lactones) is 1. The predicted octanol–water partition coefficient (Wildman–Crippen LogP) is 7.04. The topological polar surface area (TPSA) is 139 Å². The predicted molar refractivity (Wildman–Crippen MR) is 230 cm³/mol. The summed E-state index contributed by atoms with van der Waals surface area (Å²) in [5.41, 5.74) is 6.04. The van der Waals surface area contributed by atoms with Gasteiger partial charge >= 0.3 is 5.97 Å². The molecule has 4 heterocycles. The fourth-order valence-electron chi connectivity index (χ4n) is 8.10. The Morgan fingerprint density at radius 2 is 1.59 bits per heavy atom. The molecule has 3 N–H and O–H groups in total. The highest BCUT2D eigenvalue weighted by atomic mass is 32.2. The molecule has 3 amide bonds. The van der Waals surface area contributed by atoms with Gasteiger partial charge in [-0.25, -0.2) is 10.4 Å². The van der Waals surface area contributed by atoms with E-state index in [1.807, 2.05) is 86.7 Å². The molecule has 7 atom stereocenters. The summed E-state index contributed by atoms with van der Waals surface area (Å²) in [6.45, 7) is 15.6. The molecule has 310 valence electrons. The molecule has 0 saturated carbocycles. The summed E-state index contributed by atoms with van der Waals surface area (Å²) in [7, 11) is -0.483. The SMILES string of the molecule is CC(C)[C@@H]1NC(=O)C(C)(C)/C=C/c2ccc3ccc(nc3c2)[C@@H](C)OC(=O)[C@@H]2CCCN(N2)C(=O)[C@H]([C@@H](C)O[C@@H]2c3ccccc3C(C)(C)[S+]2c2ccccc2)NC1=O. The van der Waals surface area contributed by atoms with Crippen molar-refractivity contribution in [2.45, 2.75) is 114 Å². The number of ether oxygens (including phenoxy) is 2. The Morgan fingerprint density at radius 1 is 0.881 bits per heavy atom. The van der Waals surface area contributed by atoms with Gasteiger partial charge in [-0.3, -0.25) is 24.2 Å². The van der Waals surface area contributed by atoms with E-state index in [2.05, 4.69) is 54.2 Å². The number of amides is 3. The molecule has 4 aromatic rings. The number of rotatable bonds is 5. The number of pyridine rings is 1. The maximum absolute atomic E-state index is 14.9. The van der Waals surface area contributed by atoms with E-state index in [1.165, 1.54) is 10.6 Å². The number of nitrogens with one attached hydrogen (secondary N) is 3. The third kappa shape index (κ3) is 8.67. The molecule has 1 fully saturated rings. The zero-order chi connectivity index (χ0) is 42.2. The highest BCUT2D eigenvalue weighted by molar-refractivity contribution is 7.98. The molecule has 59 heavy (non-hydrogen) atoms. The quantitative estimate of drug-likeness (QED) is 0.144. The lowest BCUT2D eigenvalue weighted by atomic mass is 9.89. The number of hydrazine groups is 1. The molecule has 11 nitrogen and oxygen atoms in total. The van der Waals surface area contributed by atoms with Crippen molar-refractivity contribution in [3.05, 3.63) is 113 Å². The molecule has 5 bridgehead atoms. The van der Waals surface area contributed by atoms with E-state index in [0.29, 0.717) is 30.6 Å². The number of benzene rings is 3. The summed E-state index contributed by atoms with van der Waals surface area (Å²) in [6.07, 6.45) is 3.14. The average Bonchev–Trinajstić information content (AvgIpc) is 3.45. The number of carbonyl (C=O) groups excluding carboxylic acids is 4. The fraction of sp³-hybridized carbons (Fsp3) is 0.426. The first-order valence-electron chi connectivity index (χ1n) is 20.6. The average molecular weight is 819 g/mol. The van der Waals surface area contributed by atoms with E-state index >= 15 is 0 Å². The van der Waals surface area contributed by atoms with E-state index in [9.17, 15) is 19.2 Å². The molecule has 0 spiro atoms. The first-order chi connectivity index (χ1) is 28.0. The molecule has 3 aromatic carbocycles. The minimum absolute atomic E-state index is 0.290. The van der Waals surface area contributed by atoms with E-state index < -0.39 is 69.9 Å². The molecule has 1 aromatic heterocycles. The van der Waals surface area contributed by atoms with Crippen LogP contribution in [0.1, 0.15) is 102 Å². The van der Waals surface area contributed by atoms with Crippen molar-refractivity contribution in [2.24, 2.45) is 11.3 Å². The highest BCUT2D eigenvalue weighted by Crippen LogP contribution is 2.54. The van der Waals surface area contributed by atoms with Gasteiger partial charge in [-0.15, -0.1) is 0 Å². The maximum atomic E-state index is 14.9. The van der Waals surface area contributed by atoms with Crippen LogP contribution in [0, 0.1) is 11.3 Å². The molecule has 1 unspecified atom stereocenters. The first-order valence-corrected chi connectivity index (χ1v) is 21.9. The second kappa shape index (κ2) is 16.9. The van der Waals surface area contributed by atoms with Crippen LogP contribution < -0.4 is 16.1 Å². The highest BCUT2D eigenvalue weighted by Gasteiger charge is 2.58.